The third-order valence-electron chi connectivity index (χ3n) is 8.80. The molecule has 204 valence electrons. The molecule has 0 saturated heterocycles. The second kappa shape index (κ2) is 14.4. The average Bonchev–Trinajstić information content (AvgIpc) is 2.95. The van der Waals surface area contributed by atoms with E-state index in [4.69, 9.17) is 4.98 Å². The zero-order valence-electron chi connectivity index (χ0n) is 23.5. The van der Waals surface area contributed by atoms with Gasteiger partial charge in [0.1, 0.15) is 12.1 Å². The van der Waals surface area contributed by atoms with E-state index < -0.39 is 0 Å². The van der Waals surface area contributed by atoms with Gasteiger partial charge in [0, 0.05) is 18.4 Å². The number of carbonyl (C=O) groups is 1. The zero-order chi connectivity index (χ0) is 26.7. The molecule has 2 aromatic carbocycles. The molecule has 3 heteroatoms. The molecular weight excluding hydrogens is 476 g/mol. The summed E-state index contributed by atoms with van der Waals surface area (Å²) >= 11 is 0. The number of benzene rings is 2. The van der Waals surface area contributed by atoms with Crippen LogP contribution in [0.2, 0.25) is 0 Å². The molecule has 1 fully saturated rings. The predicted molar refractivity (Wildman–Crippen MR) is 161 cm³/mol. The Morgan fingerprint density at radius 2 is 1.56 bits per heavy atom. The zero-order valence-corrected chi connectivity index (χ0v) is 23.5. The molecule has 0 aliphatic heterocycles. The van der Waals surface area contributed by atoms with Crippen LogP contribution in [0.3, 0.4) is 0 Å². The van der Waals surface area contributed by atoms with Crippen molar-refractivity contribution in [2.45, 2.75) is 102 Å². The first-order chi connectivity index (χ1) is 19.2. The highest BCUT2D eigenvalue weighted by molar-refractivity contribution is 5.78. The SMILES string of the molecule is O=C(CCCc1ccccc1)CCCc1cccc(C2CCCC(Cc3ncnc4c3C=CCC4)CCC2)c1. The highest BCUT2D eigenvalue weighted by Gasteiger charge is 2.21. The number of allylic oxidation sites excluding steroid dienone is 1. The number of hydrogen-bond donors (Lipinski definition) is 0. The molecule has 3 aromatic rings. The minimum atomic E-state index is 0.412. The van der Waals surface area contributed by atoms with Gasteiger partial charge in [0.05, 0.1) is 11.4 Å². The Hall–Kier alpha value is -3.07. The first-order valence-electron chi connectivity index (χ1n) is 15.4. The van der Waals surface area contributed by atoms with Crippen molar-refractivity contribution in [1.29, 1.82) is 0 Å². The minimum absolute atomic E-state index is 0.412. The van der Waals surface area contributed by atoms with Crippen molar-refractivity contribution >= 4 is 11.9 Å². The summed E-state index contributed by atoms with van der Waals surface area (Å²) in [6.07, 6.45) is 22.6. The maximum atomic E-state index is 12.4. The number of carbonyl (C=O) groups excluding carboxylic acids is 1. The summed E-state index contributed by atoms with van der Waals surface area (Å²) in [5, 5.41) is 0. The summed E-state index contributed by atoms with van der Waals surface area (Å²) in [5.41, 5.74) is 8.03. The van der Waals surface area contributed by atoms with E-state index in [2.05, 4.69) is 65.7 Å². The lowest BCUT2D eigenvalue weighted by molar-refractivity contribution is -0.119. The van der Waals surface area contributed by atoms with E-state index in [1.807, 2.05) is 6.07 Å². The van der Waals surface area contributed by atoms with Crippen LogP contribution in [0.4, 0.5) is 0 Å². The summed E-state index contributed by atoms with van der Waals surface area (Å²) in [4.78, 5) is 21.6. The summed E-state index contributed by atoms with van der Waals surface area (Å²) < 4.78 is 0. The fourth-order valence-corrected chi connectivity index (χ4v) is 6.61. The Labute approximate surface area is 235 Å². The van der Waals surface area contributed by atoms with Gasteiger partial charge in [-0.05, 0) is 86.3 Å². The Kier molecular flexibility index (Phi) is 10.1. The molecule has 0 spiro atoms. The van der Waals surface area contributed by atoms with Crippen LogP contribution in [0.15, 0.2) is 67.0 Å². The molecule has 0 bridgehead atoms. The fourth-order valence-electron chi connectivity index (χ4n) is 6.61. The van der Waals surface area contributed by atoms with Crippen LogP contribution in [0.1, 0.15) is 110 Å². The number of fused-ring (bicyclic) bond motifs is 1. The summed E-state index contributed by atoms with van der Waals surface area (Å²) in [6, 6.07) is 19.7. The van der Waals surface area contributed by atoms with Gasteiger partial charge in [0.25, 0.3) is 0 Å². The Balaban J connectivity index is 1.05. The van der Waals surface area contributed by atoms with Crippen molar-refractivity contribution in [3.63, 3.8) is 0 Å². The van der Waals surface area contributed by atoms with E-state index >= 15 is 0 Å². The van der Waals surface area contributed by atoms with E-state index in [9.17, 15) is 4.79 Å². The standard InChI is InChI=1S/C36H44N2O/c39-33(21-9-13-28-11-2-1-3-12-28)22-10-17-29-14-8-20-32(25-29)31-18-6-15-30(16-7-19-31)26-36-34-23-4-5-24-35(34)37-27-38-36/h1-4,8,11-12,14,20,23,25,27,30-31H,5-7,9-10,13,15-19,21-22,24,26H2. The van der Waals surface area contributed by atoms with Crippen LogP contribution >= 0.6 is 0 Å². The van der Waals surface area contributed by atoms with Crippen LogP contribution in [0.25, 0.3) is 6.08 Å². The lowest BCUT2D eigenvalue weighted by Gasteiger charge is -2.26. The largest absolute Gasteiger partial charge is 0.300 e. The van der Waals surface area contributed by atoms with E-state index in [1.54, 1.807) is 6.33 Å². The topological polar surface area (TPSA) is 42.9 Å². The number of rotatable bonds is 11. The molecule has 1 saturated carbocycles. The van der Waals surface area contributed by atoms with E-state index in [0.29, 0.717) is 24.5 Å². The Bertz CT molecular complexity index is 1220. The molecule has 0 N–H and O–H groups in total. The highest BCUT2D eigenvalue weighted by atomic mass is 16.1. The third-order valence-corrected chi connectivity index (χ3v) is 8.80. The highest BCUT2D eigenvalue weighted by Crippen LogP contribution is 2.35. The predicted octanol–water partition coefficient (Wildman–Crippen LogP) is 8.65. The van der Waals surface area contributed by atoms with Crippen LogP contribution < -0.4 is 0 Å². The van der Waals surface area contributed by atoms with Crippen molar-refractivity contribution < 1.29 is 4.79 Å². The van der Waals surface area contributed by atoms with Gasteiger partial charge < -0.3 is 0 Å². The van der Waals surface area contributed by atoms with Gasteiger partial charge in [0.15, 0.2) is 0 Å². The number of ketones is 1. The normalized spacial score (nSPS) is 19.2. The van der Waals surface area contributed by atoms with E-state index in [1.165, 1.54) is 72.2 Å². The van der Waals surface area contributed by atoms with E-state index in [-0.39, 0.29) is 0 Å². The molecule has 0 atom stereocenters. The van der Waals surface area contributed by atoms with Gasteiger partial charge in [-0.2, -0.15) is 0 Å². The lowest BCUT2D eigenvalue weighted by Crippen LogP contribution is -2.14. The molecule has 2 aliphatic carbocycles. The third kappa shape index (κ3) is 8.21. The number of nitrogens with zero attached hydrogens (tertiary/aromatic N) is 2. The fraction of sp³-hybridized carbons (Fsp3) is 0.472. The molecule has 0 amide bonds. The van der Waals surface area contributed by atoms with Crippen molar-refractivity contribution in [2.75, 3.05) is 0 Å². The molecule has 5 rings (SSSR count). The molecule has 1 aromatic heterocycles. The monoisotopic (exact) mass is 520 g/mol. The minimum Gasteiger partial charge on any atom is -0.300 e. The summed E-state index contributed by atoms with van der Waals surface area (Å²) in [7, 11) is 0. The van der Waals surface area contributed by atoms with Crippen LogP contribution in [0, 0.1) is 5.92 Å². The van der Waals surface area contributed by atoms with Gasteiger partial charge in [-0.3, -0.25) is 4.79 Å². The van der Waals surface area contributed by atoms with Crippen molar-refractivity contribution in [1.82, 2.24) is 9.97 Å². The Morgan fingerprint density at radius 1 is 0.821 bits per heavy atom. The summed E-state index contributed by atoms with van der Waals surface area (Å²) in [6.45, 7) is 0. The smallest absolute Gasteiger partial charge is 0.132 e. The number of aryl methyl sites for hydroxylation is 3. The Morgan fingerprint density at radius 3 is 2.36 bits per heavy atom. The molecule has 39 heavy (non-hydrogen) atoms. The summed E-state index contributed by atoms with van der Waals surface area (Å²) in [5.74, 6) is 1.81. The van der Waals surface area contributed by atoms with E-state index in [0.717, 1.165) is 50.9 Å². The average molecular weight is 521 g/mol. The van der Waals surface area contributed by atoms with Gasteiger partial charge in [-0.25, -0.2) is 9.97 Å². The second-order valence-corrected chi connectivity index (χ2v) is 11.7. The quantitative estimate of drug-likeness (QED) is 0.254. The van der Waals surface area contributed by atoms with Crippen molar-refractivity contribution in [3.8, 4) is 0 Å². The first-order valence-corrected chi connectivity index (χ1v) is 15.4. The van der Waals surface area contributed by atoms with Gasteiger partial charge >= 0.3 is 0 Å². The second-order valence-electron chi connectivity index (χ2n) is 11.7. The van der Waals surface area contributed by atoms with Crippen LogP contribution in [0.5, 0.6) is 0 Å². The molecule has 0 unspecified atom stereocenters. The molecule has 1 heterocycles. The van der Waals surface area contributed by atoms with Crippen molar-refractivity contribution in [2.24, 2.45) is 5.92 Å². The lowest BCUT2D eigenvalue weighted by atomic mass is 9.80. The van der Waals surface area contributed by atoms with Crippen molar-refractivity contribution in [3.05, 3.63) is 101 Å². The molecule has 0 radical (unpaired) electrons. The van der Waals surface area contributed by atoms with Crippen LogP contribution in [-0.2, 0) is 30.5 Å². The number of hydrogen-bond acceptors (Lipinski definition) is 3. The maximum Gasteiger partial charge on any atom is 0.132 e. The number of Topliss-reactive ketones (excluding diaryl/α,β-unsaturated/α-hetero) is 1. The van der Waals surface area contributed by atoms with Gasteiger partial charge in [-0.1, -0.05) is 92.4 Å². The number of aromatic nitrogens is 2. The molecule has 2 aliphatic rings. The van der Waals surface area contributed by atoms with Crippen LogP contribution in [-0.4, -0.2) is 15.8 Å². The first kappa shape index (κ1) is 27.5. The maximum absolute atomic E-state index is 12.4. The van der Waals surface area contributed by atoms with Gasteiger partial charge in [-0.15, -0.1) is 0 Å². The van der Waals surface area contributed by atoms with Gasteiger partial charge in [0.2, 0.25) is 0 Å². The molecule has 3 nitrogen and oxygen atoms in total. The molecular formula is C36H44N2O.